The van der Waals surface area contributed by atoms with Gasteiger partial charge in [0.1, 0.15) is 35.1 Å². The highest BCUT2D eigenvalue weighted by Gasteiger charge is 2.24. The number of nitrogen functional groups attached to an aromatic ring is 1. The van der Waals surface area contributed by atoms with Gasteiger partial charge in [0.25, 0.3) is 5.91 Å². The number of benzene rings is 1. The number of nitriles is 1. The van der Waals surface area contributed by atoms with Crippen LogP contribution >= 0.6 is 0 Å². The van der Waals surface area contributed by atoms with Crippen LogP contribution in [0.3, 0.4) is 0 Å². The maximum Gasteiger partial charge on any atom is 0.259 e. The van der Waals surface area contributed by atoms with E-state index in [1.807, 2.05) is 0 Å². The van der Waals surface area contributed by atoms with Crippen molar-refractivity contribution in [2.45, 2.75) is 26.4 Å². The summed E-state index contributed by atoms with van der Waals surface area (Å²) < 4.78 is 61.8. The number of halogens is 1. The average Bonchev–Trinajstić information content (AvgIpc) is 3.11. The van der Waals surface area contributed by atoms with Crippen molar-refractivity contribution in [1.82, 2.24) is 19.9 Å². The number of carbonyl (C=O) groups is 1. The predicted octanol–water partition coefficient (Wildman–Crippen LogP) is 1.86. The molecule has 0 spiro atoms. The third kappa shape index (κ3) is 3.24. The Hall–Kier alpha value is -3.87. The average molecular weight is 414 g/mol. The number of amides is 1. The van der Waals surface area contributed by atoms with Gasteiger partial charge in [0.05, 0.1) is 12.1 Å². The first-order chi connectivity index (χ1) is 16.3. The van der Waals surface area contributed by atoms with E-state index >= 15 is 0 Å². The fraction of sp³-hybridized carbons (Fsp3) is 0.300. The molecule has 2 aromatic heterocycles. The van der Waals surface area contributed by atoms with Crippen LogP contribution in [0.4, 0.5) is 16.0 Å². The number of aromatic nitrogens is 3. The highest BCUT2D eigenvalue weighted by atomic mass is 19.1. The second-order valence-electron chi connectivity index (χ2n) is 6.66. The van der Waals surface area contributed by atoms with Gasteiger partial charge in [-0.25, -0.2) is 13.9 Å². The van der Waals surface area contributed by atoms with E-state index in [9.17, 15) is 14.4 Å². The molecule has 1 aliphatic heterocycles. The normalized spacial score (nSPS) is 20.0. The van der Waals surface area contributed by atoms with Crippen molar-refractivity contribution in [2.24, 2.45) is 0 Å². The van der Waals surface area contributed by atoms with Gasteiger partial charge in [-0.3, -0.25) is 4.79 Å². The molecule has 30 heavy (non-hydrogen) atoms. The molecule has 0 radical (unpaired) electrons. The van der Waals surface area contributed by atoms with Gasteiger partial charge >= 0.3 is 0 Å². The second-order valence-corrected chi connectivity index (χ2v) is 6.66. The fourth-order valence-electron chi connectivity index (χ4n) is 3.21. The van der Waals surface area contributed by atoms with Crippen LogP contribution in [-0.2, 0) is 6.54 Å². The van der Waals surface area contributed by atoms with Crippen molar-refractivity contribution >= 4 is 23.2 Å². The van der Waals surface area contributed by atoms with Crippen LogP contribution < -0.4 is 20.7 Å². The molecule has 0 unspecified atom stereocenters. The monoisotopic (exact) mass is 414 g/mol. The molecule has 4 rings (SSSR count). The molecule has 0 fully saturated rings. The molecule has 0 saturated heterocycles. The third-order valence-electron chi connectivity index (χ3n) is 4.66. The number of fused-ring (bicyclic) bond motifs is 2. The first kappa shape index (κ1) is 14.2. The molecule has 10 heteroatoms. The lowest BCUT2D eigenvalue weighted by atomic mass is 10.1. The van der Waals surface area contributed by atoms with Gasteiger partial charge in [0, 0.05) is 31.7 Å². The molecular formula is C20H20FN7O2. The summed E-state index contributed by atoms with van der Waals surface area (Å²) in [5, 5.41) is 16.3. The van der Waals surface area contributed by atoms with Crippen molar-refractivity contribution in [3.05, 3.63) is 46.9 Å². The molecule has 1 atom stereocenters. The lowest BCUT2D eigenvalue weighted by Gasteiger charge is -2.25. The molecule has 3 N–H and O–H groups in total. The largest absolute Gasteiger partial charge is 0.488 e. The SMILES string of the molecule is [2H]C([2H])([2H])C([2H])([2H])N1Cc2c(ccc(F)c2C#N)O[C@@H](C)CNC(=O)c2c(N)nn3ccc1nc23. The Morgan fingerprint density at radius 2 is 2.37 bits per heavy atom. The maximum absolute atomic E-state index is 14.6. The minimum absolute atomic E-state index is 0.00613. The number of anilines is 2. The Labute approximate surface area is 178 Å². The fourth-order valence-corrected chi connectivity index (χ4v) is 3.21. The van der Waals surface area contributed by atoms with Crippen LogP contribution in [0.15, 0.2) is 24.4 Å². The smallest absolute Gasteiger partial charge is 0.259 e. The first-order valence-corrected chi connectivity index (χ1v) is 8.94. The number of nitrogens with zero attached hydrogens (tertiary/aromatic N) is 5. The highest BCUT2D eigenvalue weighted by Crippen LogP contribution is 2.29. The Kier molecular flexibility index (Phi) is 3.55. The van der Waals surface area contributed by atoms with E-state index in [0.717, 1.165) is 11.0 Å². The number of rotatable bonds is 1. The van der Waals surface area contributed by atoms with Gasteiger partial charge in [-0.1, -0.05) is 0 Å². The zero-order valence-electron chi connectivity index (χ0n) is 20.8. The van der Waals surface area contributed by atoms with Crippen molar-refractivity contribution in [3.63, 3.8) is 0 Å². The van der Waals surface area contributed by atoms with Crippen LogP contribution in [0, 0.1) is 17.1 Å². The van der Waals surface area contributed by atoms with Crippen molar-refractivity contribution < 1.29 is 20.8 Å². The van der Waals surface area contributed by atoms with Crippen LogP contribution in [-0.4, -0.2) is 39.7 Å². The van der Waals surface area contributed by atoms with Crippen LogP contribution in [0.25, 0.3) is 5.65 Å². The summed E-state index contributed by atoms with van der Waals surface area (Å²) in [6, 6.07) is 5.30. The standard InChI is InChI=1S/C20H20FN7O2/c1-3-27-10-13-12(8-22)14(21)4-5-15(13)30-11(2)9-24-20(29)17-18(23)26-28-7-6-16(27)25-19(17)28/h4-7,11H,3,9-10H2,1-2H3,(H2,23,26)(H,24,29)/t11-/m0/s1/i1D3,3D2. The Morgan fingerprint density at radius 3 is 3.13 bits per heavy atom. The predicted molar refractivity (Wildman–Crippen MR) is 108 cm³/mol. The summed E-state index contributed by atoms with van der Waals surface area (Å²) in [6.07, 6.45) is 0.663. The molecule has 1 aliphatic rings. The van der Waals surface area contributed by atoms with E-state index in [0.29, 0.717) is 0 Å². The molecule has 0 saturated carbocycles. The minimum Gasteiger partial charge on any atom is -0.488 e. The number of nitrogens with two attached hydrogens (primary N) is 1. The van der Waals surface area contributed by atoms with Crippen molar-refractivity contribution in [1.29, 1.82) is 5.26 Å². The van der Waals surface area contributed by atoms with E-state index < -0.39 is 43.3 Å². The summed E-state index contributed by atoms with van der Waals surface area (Å²) in [5.74, 6) is -1.83. The van der Waals surface area contributed by atoms with E-state index in [-0.39, 0.29) is 40.7 Å². The maximum atomic E-state index is 14.6. The zero-order valence-corrected chi connectivity index (χ0v) is 15.8. The van der Waals surface area contributed by atoms with Gasteiger partial charge < -0.3 is 20.7 Å². The van der Waals surface area contributed by atoms with Gasteiger partial charge in [-0.2, -0.15) is 5.26 Å². The van der Waals surface area contributed by atoms with Crippen LogP contribution in [0.5, 0.6) is 5.75 Å². The summed E-state index contributed by atoms with van der Waals surface area (Å²) in [7, 11) is 0. The van der Waals surface area contributed by atoms with E-state index in [1.54, 1.807) is 13.0 Å². The van der Waals surface area contributed by atoms with Crippen molar-refractivity contribution in [2.75, 3.05) is 23.7 Å². The van der Waals surface area contributed by atoms with Crippen molar-refractivity contribution in [3.8, 4) is 11.8 Å². The molecule has 1 aromatic carbocycles. The number of hydrogen-bond donors (Lipinski definition) is 2. The van der Waals surface area contributed by atoms with E-state index in [2.05, 4.69) is 15.4 Å². The number of nitrogens with one attached hydrogen (secondary N) is 1. The molecular weight excluding hydrogens is 389 g/mol. The number of carbonyl (C=O) groups excluding carboxylic acids is 1. The topological polar surface area (TPSA) is 122 Å². The quantitative estimate of drug-likeness (QED) is 0.623. The Morgan fingerprint density at radius 1 is 1.53 bits per heavy atom. The summed E-state index contributed by atoms with van der Waals surface area (Å²) in [6.45, 7) is -5.18. The third-order valence-corrected chi connectivity index (χ3v) is 4.66. The molecule has 0 aliphatic carbocycles. The van der Waals surface area contributed by atoms with Gasteiger partial charge in [-0.15, -0.1) is 5.10 Å². The van der Waals surface area contributed by atoms with Crippen LogP contribution in [0.1, 0.15) is 42.1 Å². The number of hydrogen-bond acceptors (Lipinski definition) is 7. The first-order valence-electron chi connectivity index (χ1n) is 11.4. The lowest BCUT2D eigenvalue weighted by molar-refractivity contribution is 0.0934. The number of ether oxygens (including phenoxy) is 1. The van der Waals surface area contributed by atoms with E-state index in [4.69, 9.17) is 17.3 Å². The summed E-state index contributed by atoms with van der Waals surface area (Å²) in [4.78, 5) is 18.0. The van der Waals surface area contributed by atoms with Gasteiger partial charge in [0.2, 0.25) is 0 Å². The Balaban J connectivity index is 2.03. The molecule has 3 heterocycles. The molecule has 2 bridgehead atoms. The minimum atomic E-state index is -3.18. The van der Waals surface area contributed by atoms with Crippen LogP contribution in [0.2, 0.25) is 0 Å². The van der Waals surface area contributed by atoms with E-state index in [1.165, 1.54) is 22.8 Å². The highest BCUT2D eigenvalue weighted by molar-refractivity contribution is 6.04. The molecule has 154 valence electrons. The van der Waals surface area contributed by atoms with Gasteiger partial charge in [0.15, 0.2) is 11.5 Å². The molecule has 3 aromatic rings. The Bertz CT molecular complexity index is 1370. The zero-order chi connectivity index (χ0) is 25.7. The summed E-state index contributed by atoms with van der Waals surface area (Å²) >= 11 is 0. The molecule has 9 nitrogen and oxygen atoms in total. The lowest BCUT2D eigenvalue weighted by Crippen LogP contribution is -2.34. The van der Waals surface area contributed by atoms with Gasteiger partial charge in [-0.05, 0) is 32.0 Å². The summed E-state index contributed by atoms with van der Waals surface area (Å²) in [5.41, 5.74) is 5.28. The second kappa shape index (κ2) is 7.51. The molecule has 1 amide bonds.